The van der Waals surface area contributed by atoms with Crippen molar-refractivity contribution >= 4 is 53.4 Å². The number of aliphatic hydroxyl groups excluding tert-OH is 1. The van der Waals surface area contributed by atoms with Gasteiger partial charge < -0.3 is 75.6 Å². The third kappa shape index (κ3) is 17.8. The first-order valence-electron chi connectivity index (χ1n) is 18.0. The fraction of sp³-hybridized carbons (Fsp3) is 0.471. The Morgan fingerprint density at radius 1 is 0.672 bits per heavy atom. The number of rotatable bonds is 26. The van der Waals surface area contributed by atoms with Gasteiger partial charge in [0.15, 0.2) is 11.9 Å². The van der Waals surface area contributed by atoms with Gasteiger partial charge in [0.1, 0.15) is 36.3 Å². The van der Waals surface area contributed by atoms with Gasteiger partial charge in [-0.2, -0.15) is 0 Å². The molecule has 0 fully saturated rings. The number of benzene rings is 1. The molecule has 0 aliphatic heterocycles. The van der Waals surface area contributed by atoms with Crippen LogP contribution < -0.4 is 55.3 Å². The number of aliphatic carboxylic acids is 2. The Labute approximate surface area is 332 Å². The molecule has 0 saturated heterocycles. The van der Waals surface area contributed by atoms with Gasteiger partial charge in [-0.1, -0.05) is 30.3 Å². The average Bonchev–Trinajstić information content (AvgIpc) is 3.69. The lowest BCUT2D eigenvalue weighted by atomic mass is 10.0. The summed E-state index contributed by atoms with van der Waals surface area (Å²) >= 11 is 0. The number of carbonyl (C=O) groups excluding carboxylic acids is 5. The predicted octanol–water partition coefficient (Wildman–Crippen LogP) is -5.40. The molecule has 318 valence electrons. The number of H-pyrrole nitrogens is 1. The molecule has 5 amide bonds. The number of carboxylic acids is 2. The zero-order valence-electron chi connectivity index (χ0n) is 31.5. The molecular weight excluding hydrogens is 764 g/mol. The van der Waals surface area contributed by atoms with Gasteiger partial charge in [0, 0.05) is 37.8 Å². The maximum absolute atomic E-state index is 13.8. The third-order valence-corrected chi connectivity index (χ3v) is 8.21. The van der Waals surface area contributed by atoms with Gasteiger partial charge in [-0.3, -0.25) is 38.8 Å². The van der Waals surface area contributed by atoms with Crippen LogP contribution in [0.4, 0.5) is 0 Å². The molecule has 0 aliphatic rings. The number of aromatic nitrogens is 2. The second-order valence-electron chi connectivity index (χ2n) is 12.9. The maximum Gasteiger partial charge on any atom is 0.326 e. The number of nitrogens with zero attached hydrogens (tertiary/aromatic N) is 3. The largest absolute Gasteiger partial charge is 0.481 e. The van der Waals surface area contributed by atoms with E-state index in [1.165, 1.54) is 12.5 Å². The smallest absolute Gasteiger partial charge is 0.326 e. The van der Waals surface area contributed by atoms with Crippen LogP contribution in [0, 0.1) is 0 Å². The van der Waals surface area contributed by atoms with Gasteiger partial charge in [0.2, 0.25) is 29.5 Å². The summed E-state index contributed by atoms with van der Waals surface area (Å²) in [7, 11) is 0. The Bertz CT molecular complexity index is 1730. The average molecular weight is 817 g/mol. The molecule has 0 radical (unpaired) electrons. The molecular formula is C34H52N14O10. The zero-order chi connectivity index (χ0) is 43.2. The quantitative estimate of drug-likeness (QED) is 0.0239. The molecule has 24 heteroatoms. The Morgan fingerprint density at radius 2 is 1.16 bits per heavy atom. The highest BCUT2D eigenvalue weighted by molar-refractivity contribution is 5.97. The SMILES string of the molecule is NC(N)=NCCC[C@H](NC(=O)[C@H](CCCN=C(N)N)NC(=O)[C@@H](N)CO)C(=O)N[C@@H](CC(=O)O)C(=O)N[C@@H](Cc1cnc[nH]1)C(=O)N[C@@H](Cc1ccccc1)C(=O)O. The Morgan fingerprint density at radius 3 is 1.64 bits per heavy atom. The Balaban J connectivity index is 2.37. The lowest BCUT2D eigenvalue weighted by molar-refractivity contribution is -0.143. The van der Waals surface area contributed by atoms with E-state index in [9.17, 15) is 48.9 Å². The summed E-state index contributed by atoms with van der Waals surface area (Å²) in [6.45, 7) is -0.682. The van der Waals surface area contributed by atoms with E-state index in [0.29, 0.717) is 11.3 Å². The Hall–Kier alpha value is -6.82. The van der Waals surface area contributed by atoms with Crippen LogP contribution in [0.5, 0.6) is 0 Å². The molecule has 1 heterocycles. The number of carboxylic acid groups (broad SMARTS) is 2. The van der Waals surface area contributed by atoms with E-state index in [1.54, 1.807) is 30.3 Å². The summed E-state index contributed by atoms with van der Waals surface area (Å²) in [4.78, 5) is 106. The van der Waals surface area contributed by atoms with Crippen LogP contribution >= 0.6 is 0 Å². The van der Waals surface area contributed by atoms with Crippen molar-refractivity contribution in [2.24, 2.45) is 38.7 Å². The molecule has 19 N–H and O–H groups in total. The second kappa shape index (κ2) is 24.6. The van der Waals surface area contributed by atoms with Crippen LogP contribution in [0.2, 0.25) is 0 Å². The number of guanidine groups is 2. The normalized spacial score (nSPS) is 13.8. The van der Waals surface area contributed by atoms with Crippen molar-refractivity contribution in [3.63, 3.8) is 0 Å². The number of aliphatic imine (C=N–C) groups is 2. The predicted molar refractivity (Wildman–Crippen MR) is 207 cm³/mol. The van der Waals surface area contributed by atoms with E-state index in [1.807, 2.05) is 0 Å². The van der Waals surface area contributed by atoms with E-state index in [2.05, 4.69) is 46.5 Å². The summed E-state index contributed by atoms with van der Waals surface area (Å²) in [5, 5.41) is 40.9. The van der Waals surface area contributed by atoms with Crippen molar-refractivity contribution in [1.82, 2.24) is 36.6 Å². The number of nitrogens with one attached hydrogen (secondary N) is 6. The fourth-order valence-corrected chi connectivity index (χ4v) is 5.25. The number of amides is 5. The molecule has 0 bridgehead atoms. The molecule has 58 heavy (non-hydrogen) atoms. The van der Waals surface area contributed by atoms with Crippen LogP contribution in [-0.2, 0) is 46.4 Å². The van der Waals surface area contributed by atoms with Gasteiger partial charge >= 0.3 is 11.9 Å². The molecule has 1 aromatic heterocycles. The molecule has 24 nitrogen and oxygen atoms in total. The minimum atomic E-state index is -1.84. The van der Waals surface area contributed by atoms with Crippen molar-refractivity contribution in [3.05, 3.63) is 54.1 Å². The van der Waals surface area contributed by atoms with Crippen molar-refractivity contribution in [1.29, 1.82) is 0 Å². The Kier molecular flexibility index (Phi) is 20.1. The maximum atomic E-state index is 13.8. The summed E-state index contributed by atoms with van der Waals surface area (Å²) in [6.07, 6.45) is 1.35. The number of carbonyl (C=O) groups is 7. The van der Waals surface area contributed by atoms with E-state index in [0.717, 1.165) is 0 Å². The summed E-state index contributed by atoms with van der Waals surface area (Å²) in [6, 6.07) is -0.508. The topological polar surface area (TPSA) is 424 Å². The molecule has 1 aromatic carbocycles. The van der Waals surface area contributed by atoms with Crippen LogP contribution in [0.3, 0.4) is 0 Å². The van der Waals surface area contributed by atoms with Gasteiger partial charge in [0.05, 0.1) is 19.4 Å². The van der Waals surface area contributed by atoms with Crippen molar-refractivity contribution in [2.45, 2.75) is 81.2 Å². The number of hydrogen-bond donors (Lipinski definition) is 14. The molecule has 0 unspecified atom stereocenters. The highest BCUT2D eigenvalue weighted by Crippen LogP contribution is 2.09. The third-order valence-electron chi connectivity index (χ3n) is 8.21. The van der Waals surface area contributed by atoms with Crippen molar-refractivity contribution < 1.29 is 48.9 Å². The summed E-state index contributed by atoms with van der Waals surface area (Å²) in [5.74, 6) is -8.27. The van der Waals surface area contributed by atoms with Gasteiger partial charge in [-0.25, -0.2) is 9.78 Å². The lowest BCUT2D eigenvalue weighted by Gasteiger charge is -2.26. The number of nitrogens with two attached hydrogens (primary N) is 5. The van der Waals surface area contributed by atoms with Crippen molar-refractivity contribution in [3.8, 4) is 0 Å². The van der Waals surface area contributed by atoms with Crippen LogP contribution in [0.15, 0.2) is 52.8 Å². The zero-order valence-corrected chi connectivity index (χ0v) is 31.5. The number of aromatic amines is 1. The van der Waals surface area contributed by atoms with Gasteiger partial charge in [0.25, 0.3) is 0 Å². The molecule has 0 saturated carbocycles. The standard InChI is InChI=1S/C34H52N14O10/c35-20(16-49)27(52)44-21(8-4-10-41-33(36)37)28(53)45-22(9-5-11-42-34(38)39)29(54)47-24(14-26(50)51)31(56)46-23(13-19-15-40-17-43-19)30(55)48-25(32(57)58)12-18-6-2-1-3-7-18/h1-3,6-7,15,17,20-25,49H,4-5,8-14,16,35H2,(H,40,43)(H,44,52)(H,45,53)(H,46,56)(H,47,54)(H,48,55)(H,50,51)(H,57,58)(H4,36,37,41)(H4,38,39,42)/t20-,21-,22-,23-,24-,25-/m0/s1. The molecule has 0 spiro atoms. The fourth-order valence-electron chi connectivity index (χ4n) is 5.25. The first-order chi connectivity index (χ1) is 27.5. The van der Waals surface area contributed by atoms with E-state index in [-0.39, 0.29) is 63.5 Å². The van der Waals surface area contributed by atoms with E-state index < -0.39 is 90.8 Å². The molecule has 0 aliphatic carbocycles. The highest BCUT2D eigenvalue weighted by atomic mass is 16.4. The van der Waals surface area contributed by atoms with E-state index in [4.69, 9.17) is 28.7 Å². The molecule has 2 rings (SSSR count). The summed E-state index contributed by atoms with van der Waals surface area (Å²) in [5.41, 5.74) is 28.1. The number of aliphatic hydroxyl groups is 1. The minimum Gasteiger partial charge on any atom is -0.481 e. The second-order valence-corrected chi connectivity index (χ2v) is 12.9. The minimum absolute atomic E-state index is 0.00292. The van der Waals surface area contributed by atoms with Crippen LogP contribution in [0.1, 0.15) is 43.4 Å². The molecule has 2 aromatic rings. The monoisotopic (exact) mass is 816 g/mol. The highest BCUT2D eigenvalue weighted by Gasteiger charge is 2.34. The van der Waals surface area contributed by atoms with Gasteiger partial charge in [-0.15, -0.1) is 0 Å². The first-order valence-corrected chi connectivity index (χ1v) is 18.0. The number of imidazole rings is 1. The summed E-state index contributed by atoms with van der Waals surface area (Å²) < 4.78 is 0. The first kappa shape index (κ1) is 47.3. The lowest BCUT2D eigenvalue weighted by Crippen LogP contribution is -2.60. The van der Waals surface area contributed by atoms with Gasteiger partial charge in [-0.05, 0) is 31.2 Å². The van der Waals surface area contributed by atoms with Crippen molar-refractivity contribution in [2.75, 3.05) is 19.7 Å². The molecule has 6 atom stereocenters. The number of hydrogen-bond acceptors (Lipinski definition) is 12. The van der Waals surface area contributed by atoms with E-state index >= 15 is 0 Å². The van der Waals surface area contributed by atoms with Crippen LogP contribution in [-0.4, -0.2) is 135 Å². The van der Waals surface area contributed by atoms with Crippen LogP contribution in [0.25, 0.3) is 0 Å².